The maximum absolute atomic E-state index is 13.1. The van der Waals surface area contributed by atoms with Crippen LogP contribution in [0.4, 0.5) is 5.82 Å². The summed E-state index contributed by atoms with van der Waals surface area (Å²) < 4.78 is 0. The van der Waals surface area contributed by atoms with E-state index in [9.17, 15) is 9.90 Å². The number of carbonyl (C=O) groups is 1. The maximum Gasteiger partial charge on any atom is 0.264 e. The van der Waals surface area contributed by atoms with Gasteiger partial charge >= 0.3 is 0 Å². The van der Waals surface area contributed by atoms with Gasteiger partial charge in [-0.15, -0.1) is 11.3 Å². The van der Waals surface area contributed by atoms with Gasteiger partial charge in [-0.25, -0.2) is 9.97 Å². The Balaban J connectivity index is 1.61. The lowest BCUT2D eigenvalue weighted by Gasteiger charge is -2.21. The second-order valence-corrected chi connectivity index (χ2v) is 9.25. The SMILES string of the molecule is CN(CCO)C(=O)c1sc2ncccc2c1[C@H]1CCN(Cc2cccnc2N(C)C)C1. The number of aliphatic hydroxyl groups excluding tert-OH is 1. The van der Waals surface area contributed by atoms with Crippen LogP contribution < -0.4 is 4.90 Å². The summed E-state index contributed by atoms with van der Waals surface area (Å²) in [5, 5.41) is 10.4. The Bertz CT molecular complexity index is 1070. The molecule has 3 aromatic heterocycles. The number of thiophene rings is 1. The van der Waals surface area contributed by atoms with E-state index in [1.165, 1.54) is 16.9 Å². The van der Waals surface area contributed by atoms with Gasteiger partial charge in [-0.3, -0.25) is 9.69 Å². The molecule has 4 heterocycles. The molecule has 1 aliphatic heterocycles. The third-order valence-electron chi connectivity index (χ3n) is 5.85. The van der Waals surface area contributed by atoms with Crippen molar-refractivity contribution < 1.29 is 9.90 Å². The van der Waals surface area contributed by atoms with Crippen LogP contribution >= 0.6 is 11.3 Å². The molecule has 7 nitrogen and oxygen atoms in total. The molecule has 0 bridgehead atoms. The number of fused-ring (bicyclic) bond motifs is 1. The van der Waals surface area contributed by atoms with Crippen LogP contribution in [0, 0.1) is 0 Å². The van der Waals surface area contributed by atoms with Crippen molar-refractivity contribution >= 4 is 33.3 Å². The number of likely N-dealkylation sites (N-methyl/N-ethyl adjacent to an activating group) is 1. The van der Waals surface area contributed by atoms with E-state index in [4.69, 9.17) is 0 Å². The highest BCUT2D eigenvalue weighted by atomic mass is 32.1. The Morgan fingerprint density at radius 2 is 2.00 bits per heavy atom. The molecule has 0 radical (unpaired) electrons. The lowest BCUT2D eigenvalue weighted by Crippen LogP contribution is -2.30. The summed E-state index contributed by atoms with van der Waals surface area (Å²) in [5.74, 6) is 1.24. The van der Waals surface area contributed by atoms with Crippen LogP contribution in [0.1, 0.15) is 33.1 Å². The second-order valence-electron chi connectivity index (χ2n) is 8.25. The van der Waals surface area contributed by atoms with E-state index < -0.39 is 0 Å². The normalized spacial score (nSPS) is 16.7. The molecule has 3 aromatic rings. The van der Waals surface area contributed by atoms with Crippen molar-refractivity contribution in [1.29, 1.82) is 0 Å². The van der Waals surface area contributed by atoms with Crippen LogP contribution in [-0.2, 0) is 6.54 Å². The van der Waals surface area contributed by atoms with Gasteiger partial charge in [0.25, 0.3) is 5.91 Å². The van der Waals surface area contributed by atoms with Crippen molar-refractivity contribution in [3.63, 3.8) is 0 Å². The number of carbonyl (C=O) groups excluding carboxylic acids is 1. The van der Waals surface area contributed by atoms with Crippen molar-refractivity contribution in [2.45, 2.75) is 18.9 Å². The predicted octanol–water partition coefficient (Wildman–Crippen LogP) is 2.81. The molecule has 0 aliphatic carbocycles. The molecular formula is C23H29N5O2S. The molecule has 8 heteroatoms. The molecule has 0 unspecified atom stereocenters. The Hall–Kier alpha value is -2.55. The Morgan fingerprint density at radius 3 is 2.77 bits per heavy atom. The van der Waals surface area contributed by atoms with E-state index in [1.807, 2.05) is 32.4 Å². The number of pyridine rings is 2. The molecule has 1 amide bonds. The first kappa shape index (κ1) is 21.7. The highest BCUT2D eigenvalue weighted by Gasteiger charge is 2.32. The van der Waals surface area contributed by atoms with Crippen LogP contribution in [0.5, 0.6) is 0 Å². The Labute approximate surface area is 186 Å². The smallest absolute Gasteiger partial charge is 0.264 e. The van der Waals surface area contributed by atoms with Crippen LogP contribution in [0.2, 0.25) is 0 Å². The number of aliphatic hydroxyl groups is 1. The molecule has 1 saturated heterocycles. The zero-order valence-electron chi connectivity index (χ0n) is 18.3. The fourth-order valence-electron chi connectivity index (χ4n) is 4.35. The first-order valence-electron chi connectivity index (χ1n) is 10.6. The van der Waals surface area contributed by atoms with Gasteiger partial charge in [-0.2, -0.15) is 0 Å². The van der Waals surface area contributed by atoms with Crippen LogP contribution in [0.3, 0.4) is 0 Å². The highest BCUT2D eigenvalue weighted by Crippen LogP contribution is 2.40. The van der Waals surface area contributed by atoms with E-state index in [0.717, 1.165) is 52.5 Å². The quantitative estimate of drug-likeness (QED) is 0.610. The van der Waals surface area contributed by atoms with E-state index >= 15 is 0 Å². The van der Waals surface area contributed by atoms with Gasteiger partial charge in [0.05, 0.1) is 11.5 Å². The van der Waals surface area contributed by atoms with Gasteiger partial charge in [-0.1, -0.05) is 12.1 Å². The monoisotopic (exact) mass is 439 g/mol. The fourth-order valence-corrected chi connectivity index (χ4v) is 5.57. The van der Waals surface area contributed by atoms with E-state index in [0.29, 0.717) is 6.54 Å². The third-order valence-corrected chi connectivity index (χ3v) is 6.96. The standard InChI is InChI=1S/C23H29N5O2S/c1-26(2)21-17(6-4-9-24-21)15-28-11-8-16(14-28)19-18-7-5-10-25-22(18)31-20(19)23(30)27(3)12-13-29/h4-7,9-10,16,29H,8,11-15H2,1-3H3/t16-/m0/s1. The Morgan fingerprint density at radius 1 is 1.23 bits per heavy atom. The molecule has 31 heavy (non-hydrogen) atoms. The number of anilines is 1. The first-order valence-corrected chi connectivity index (χ1v) is 11.4. The molecule has 0 aromatic carbocycles. The number of likely N-dealkylation sites (tertiary alicyclic amines) is 1. The maximum atomic E-state index is 13.1. The molecule has 0 saturated carbocycles. The van der Waals surface area contributed by atoms with Gasteiger partial charge in [0.15, 0.2) is 0 Å². The minimum Gasteiger partial charge on any atom is -0.395 e. The number of hydrogen-bond donors (Lipinski definition) is 1. The Kier molecular flexibility index (Phi) is 6.50. The van der Waals surface area contributed by atoms with Crippen molar-refractivity contribution in [3.05, 3.63) is 52.7 Å². The van der Waals surface area contributed by atoms with Crippen LogP contribution in [0.15, 0.2) is 36.7 Å². The summed E-state index contributed by atoms with van der Waals surface area (Å²) >= 11 is 1.47. The zero-order valence-corrected chi connectivity index (χ0v) is 19.1. The van der Waals surface area contributed by atoms with Gasteiger partial charge in [-0.05, 0) is 30.7 Å². The number of hydrogen-bond acceptors (Lipinski definition) is 7. The molecule has 1 N–H and O–H groups in total. The minimum absolute atomic E-state index is 0.0346. The summed E-state index contributed by atoms with van der Waals surface area (Å²) in [4.78, 5) is 29.9. The highest BCUT2D eigenvalue weighted by molar-refractivity contribution is 7.20. The first-order chi connectivity index (χ1) is 15.0. The number of amides is 1. The van der Waals surface area contributed by atoms with Gasteiger partial charge < -0.3 is 14.9 Å². The summed E-state index contributed by atoms with van der Waals surface area (Å²) in [7, 11) is 5.78. The average Bonchev–Trinajstić information content (AvgIpc) is 3.37. The minimum atomic E-state index is -0.0444. The molecule has 1 atom stereocenters. The summed E-state index contributed by atoms with van der Waals surface area (Å²) in [6.07, 6.45) is 4.61. The van der Waals surface area contributed by atoms with Crippen LogP contribution in [0.25, 0.3) is 10.2 Å². The summed E-state index contributed by atoms with van der Waals surface area (Å²) in [6.45, 7) is 2.99. The summed E-state index contributed by atoms with van der Waals surface area (Å²) in [6, 6.07) is 8.14. The third kappa shape index (κ3) is 4.42. The lowest BCUT2D eigenvalue weighted by atomic mass is 9.95. The van der Waals surface area contributed by atoms with Gasteiger partial charge in [0.1, 0.15) is 10.6 Å². The van der Waals surface area contributed by atoms with Crippen molar-refractivity contribution in [1.82, 2.24) is 19.8 Å². The zero-order chi connectivity index (χ0) is 22.0. The average molecular weight is 440 g/mol. The molecule has 164 valence electrons. The number of aromatic nitrogens is 2. The predicted molar refractivity (Wildman–Crippen MR) is 125 cm³/mol. The number of rotatable bonds is 7. The molecule has 0 spiro atoms. The molecular weight excluding hydrogens is 410 g/mol. The lowest BCUT2D eigenvalue weighted by molar-refractivity contribution is 0.0770. The molecule has 1 aliphatic rings. The summed E-state index contributed by atoms with van der Waals surface area (Å²) in [5.41, 5.74) is 2.33. The molecule has 1 fully saturated rings. The van der Waals surface area contributed by atoms with E-state index in [2.05, 4.69) is 31.9 Å². The number of nitrogens with zero attached hydrogens (tertiary/aromatic N) is 5. The van der Waals surface area contributed by atoms with Crippen LogP contribution in [-0.4, -0.2) is 78.2 Å². The van der Waals surface area contributed by atoms with Crippen molar-refractivity contribution in [2.24, 2.45) is 0 Å². The fraction of sp³-hybridized carbons (Fsp3) is 0.435. The van der Waals surface area contributed by atoms with E-state index in [-0.39, 0.29) is 18.4 Å². The van der Waals surface area contributed by atoms with Gasteiger partial charge in [0, 0.05) is 70.0 Å². The van der Waals surface area contributed by atoms with Gasteiger partial charge in [0.2, 0.25) is 0 Å². The van der Waals surface area contributed by atoms with Crippen molar-refractivity contribution in [2.75, 3.05) is 52.3 Å². The topological polar surface area (TPSA) is 72.8 Å². The van der Waals surface area contributed by atoms with E-state index in [1.54, 1.807) is 18.1 Å². The molecule has 4 rings (SSSR count). The largest absolute Gasteiger partial charge is 0.395 e. The second kappa shape index (κ2) is 9.30. The van der Waals surface area contributed by atoms with Crippen molar-refractivity contribution in [3.8, 4) is 0 Å².